The molecule has 1 N–H and O–H groups in total. The van der Waals surface area contributed by atoms with Crippen LogP contribution in [0.2, 0.25) is 0 Å². The van der Waals surface area contributed by atoms with Crippen LogP contribution >= 0.6 is 34.4 Å². The fourth-order valence-electron chi connectivity index (χ4n) is 3.09. The molecule has 0 bridgehead atoms. The first-order valence-corrected chi connectivity index (χ1v) is 11.5. The number of thiazole rings is 1. The Balaban J connectivity index is 1.96. The number of nitrogens with zero attached hydrogens (tertiary/aromatic N) is 1. The Morgan fingerprint density at radius 3 is 2.14 bits per heavy atom. The highest BCUT2D eigenvalue weighted by Gasteiger charge is 2.24. The Hall–Kier alpha value is -2.41. The van der Waals surface area contributed by atoms with Gasteiger partial charge in [-0.2, -0.15) is 0 Å². The molecule has 4 rings (SSSR count). The molecule has 0 aliphatic rings. The minimum absolute atomic E-state index is 0.386. The first kappa shape index (κ1) is 18.9. The molecular formula is C22H17NO2S3. The third-order valence-corrected chi connectivity index (χ3v) is 7.94. The number of thioether (sulfide) groups is 1. The van der Waals surface area contributed by atoms with Crippen molar-refractivity contribution in [2.24, 2.45) is 0 Å². The summed E-state index contributed by atoms with van der Waals surface area (Å²) in [7, 11) is 0. The van der Waals surface area contributed by atoms with Crippen LogP contribution in [-0.4, -0.2) is 22.3 Å². The molecule has 0 amide bonds. The molecule has 4 aromatic rings. The van der Waals surface area contributed by atoms with Gasteiger partial charge in [0.15, 0.2) is 0 Å². The standard InChI is InChI=1S/C22H17NO2S3/c1-13-16(22(26-2)28-18(13)21(24)25)20-23-17(14-9-5-3-6-10-14)19(27-20)15-11-7-4-8-12-15/h3-12H,1-2H3,(H,24,25). The lowest BCUT2D eigenvalue weighted by atomic mass is 10.1. The Bertz CT molecular complexity index is 1070. The average molecular weight is 424 g/mol. The summed E-state index contributed by atoms with van der Waals surface area (Å²) in [5, 5.41) is 10.4. The lowest BCUT2D eigenvalue weighted by Gasteiger charge is -2.02. The van der Waals surface area contributed by atoms with E-state index in [2.05, 4.69) is 24.3 Å². The molecule has 2 aromatic heterocycles. The van der Waals surface area contributed by atoms with Crippen LogP contribution in [0, 0.1) is 6.92 Å². The molecule has 28 heavy (non-hydrogen) atoms. The summed E-state index contributed by atoms with van der Waals surface area (Å²) in [6, 6.07) is 20.3. The molecule has 0 unspecified atom stereocenters. The van der Waals surface area contributed by atoms with Gasteiger partial charge in [0.1, 0.15) is 9.88 Å². The number of aromatic nitrogens is 1. The number of aromatic carboxylic acids is 1. The minimum Gasteiger partial charge on any atom is -0.477 e. The van der Waals surface area contributed by atoms with Crippen molar-refractivity contribution in [3.8, 4) is 32.3 Å². The van der Waals surface area contributed by atoms with E-state index in [0.29, 0.717) is 4.88 Å². The van der Waals surface area contributed by atoms with Gasteiger partial charge >= 0.3 is 5.97 Å². The van der Waals surface area contributed by atoms with Crippen LogP contribution < -0.4 is 0 Å². The Labute approximate surface area is 175 Å². The van der Waals surface area contributed by atoms with Crippen molar-refractivity contribution in [2.75, 3.05) is 6.26 Å². The molecule has 0 saturated carbocycles. The van der Waals surface area contributed by atoms with Crippen LogP contribution in [0.3, 0.4) is 0 Å². The molecule has 0 aliphatic carbocycles. The van der Waals surface area contributed by atoms with Gasteiger partial charge in [0.25, 0.3) is 0 Å². The van der Waals surface area contributed by atoms with Crippen LogP contribution in [0.25, 0.3) is 32.3 Å². The van der Waals surface area contributed by atoms with E-state index < -0.39 is 5.97 Å². The second kappa shape index (κ2) is 7.91. The zero-order chi connectivity index (χ0) is 19.7. The minimum atomic E-state index is -0.882. The Morgan fingerprint density at radius 2 is 1.57 bits per heavy atom. The third kappa shape index (κ3) is 3.39. The first-order valence-electron chi connectivity index (χ1n) is 8.63. The number of rotatable bonds is 5. The van der Waals surface area contributed by atoms with Gasteiger partial charge in [-0.3, -0.25) is 0 Å². The van der Waals surface area contributed by atoms with E-state index in [4.69, 9.17) is 4.98 Å². The molecule has 2 heterocycles. The largest absolute Gasteiger partial charge is 0.477 e. The van der Waals surface area contributed by atoms with Gasteiger partial charge in [-0.25, -0.2) is 9.78 Å². The molecule has 0 aliphatic heterocycles. The molecule has 0 fully saturated rings. The van der Waals surface area contributed by atoms with Gasteiger partial charge in [0.05, 0.1) is 14.8 Å². The van der Waals surface area contributed by atoms with Gasteiger partial charge in [0, 0.05) is 11.1 Å². The lowest BCUT2D eigenvalue weighted by molar-refractivity contribution is 0.0701. The second-order valence-corrected chi connectivity index (χ2v) is 9.25. The predicted octanol–water partition coefficient (Wildman–Crippen LogP) is 6.93. The van der Waals surface area contributed by atoms with Gasteiger partial charge in [-0.1, -0.05) is 60.7 Å². The fraction of sp³-hybridized carbons (Fsp3) is 0.0909. The van der Waals surface area contributed by atoms with Crippen LogP contribution in [0.5, 0.6) is 0 Å². The predicted molar refractivity (Wildman–Crippen MR) is 120 cm³/mol. The second-order valence-electron chi connectivity index (χ2n) is 6.16. The number of carboxylic acids is 1. The quantitative estimate of drug-likeness (QED) is 0.353. The average Bonchev–Trinajstić information content (AvgIpc) is 3.30. The summed E-state index contributed by atoms with van der Waals surface area (Å²) in [4.78, 5) is 18.1. The van der Waals surface area contributed by atoms with E-state index in [0.717, 1.165) is 42.0 Å². The number of hydrogen-bond donors (Lipinski definition) is 1. The Morgan fingerprint density at radius 1 is 0.964 bits per heavy atom. The summed E-state index contributed by atoms with van der Waals surface area (Å²) in [6.45, 7) is 1.88. The zero-order valence-electron chi connectivity index (χ0n) is 15.3. The monoisotopic (exact) mass is 423 g/mol. The molecule has 0 saturated heterocycles. The van der Waals surface area contributed by atoms with E-state index in [1.54, 1.807) is 23.1 Å². The van der Waals surface area contributed by atoms with Crippen LogP contribution in [0.4, 0.5) is 0 Å². The van der Waals surface area contributed by atoms with E-state index in [-0.39, 0.29) is 0 Å². The van der Waals surface area contributed by atoms with Gasteiger partial charge < -0.3 is 5.11 Å². The highest BCUT2D eigenvalue weighted by Crippen LogP contribution is 2.47. The molecule has 0 radical (unpaired) electrons. The highest BCUT2D eigenvalue weighted by atomic mass is 32.2. The molecule has 140 valence electrons. The smallest absolute Gasteiger partial charge is 0.346 e. The molecule has 0 atom stereocenters. The molecule has 6 heteroatoms. The number of benzene rings is 2. The summed E-state index contributed by atoms with van der Waals surface area (Å²) in [5.74, 6) is -0.882. The van der Waals surface area contributed by atoms with Crippen LogP contribution in [0.1, 0.15) is 15.2 Å². The van der Waals surface area contributed by atoms with Gasteiger partial charge in [-0.05, 0) is 24.3 Å². The highest BCUT2D eigenvalue weighted by molar-refractivity contribution is 8.00. The zero-order valence-corrected chi connectivity index (χ0v) is 17.8. The summed E-state index contributed by atoms with van der Waals surface area (Å²) in [5.41, 5.74) is 4.83. The number of thiophene rings is 1. The first-order chi connectivity index (χ1) is 13.6. The Kier molecular flexibility index (Phi) is 5.35. The van der Waals surface area contributed by atoms with Gasteiger partial charge in [0.2, 0.25) is 0 Å². The van der Waals surface area contributed by atoms with Gasteiger partial charge in [-0.15, -0.1) is 34.4 Å². The summed E-state index contributed by atoms with van der Waals surface area (Å²) in [6.07, 6.45) is 1.98. The van der Waals surface area contributed by atoms with E-state index in [1.807, 2.05) is 49.6 Å². The van der Waals surface area contributed by atoms with Crippen molar-refractivity contribution in [1.82, 2.24) is 4.98 Å². The summed E-state index contributed by atoms with van der Waals surface area (Å²) < 4.78 is 0.989. The van der Waals surface area contributed by atoms with E-state index in [1.165, 1.54) is 11.3 Å². The van der Waals surface area contributed by atoms with Crippen LogP contribution in [-0.2, 0) is 0 Å². The number of carbonyl (C=O) groups is 1. The SMILES string of the molecule is CSc1sc(C(=O)O)c(C)c1-c1nc(-c2ccccc2)c(-c2ccccc2)s1. The third-order valence-electron chi connectivity index (χ3n) is 4.42. The topological polar surface area (TPSA) is 50.2 Å². The van der Waals surface area contributed by atoms with Crippen molar-refractivity contribution >= 4 is 40.4 Å². The van der Waals surface area contributed by atoms with E-state index in [9.17, 15) is 9.90 Å². The van der Waals surface area contributed by atoms with Crippen LogP contribution in [0.15, 0.2) is 64.9 Å². The van der Waals surface area contributed by atoms with E-state index >= 15 is 0 Å². The maximum atomic E-state index is 11.6. The van der Waals surface area contributed by atoms with Crippen molar-refractivity contribution in [3.63, 3.8) is 0 Å². The maximum absolute atomic E-state index is 11.6. The fourth-order valence-corrected chi connectivity index (χ4v) is 6.33. The summed E-state index contributed by atoms with van der Waals surface area (Å²) >= 11 is 4.52. The molecule has 2 aromatic carbocycles. The van der Waals surface area contributed by atoms with Crippen molar-refractivity contribution in [3.05, 3.63) is 71.1 Å². The molecular weight excluding hydrogens is 406 g/mol. The lowest BCUT2D eigenvalue weighted by Crippen LogP contribution is -1.94. The van der Waals surface area contributed by atoms with Crippen molar-refractivity contribution in [2.45, 2.75) is 11.1 Å². The molecule has 0 spiro atoms. The number of hydrogen-bond acceptors (Lipinski definition) is 5. The maximum Gasteiger partial charge on any atom is 0.346 e. The van der Waals surface area contributed by atoms with Crippen molar-refractivity contribution < 1.29 is 9.90 Å². The molecule has 3 nitrogen and oxygen atoms in total. The van der Waals surface area contributed by atoms with Crippen molar-refractivity contribution in [1.29, 1.82) is 0 Å². The number of carboxylic acid groups (broad SMARTS) is 1. The normalized spacial score (nSPS) is 10.9.